The van der Waals surface area contributed by atoms with Crippen LogP contribution in [0.25, 0.3) is 0 Å². The first-order valence-electron chi connectivity index (χ1n) is 7.36. The molecule has 4 nitrogen and oxygen atoms in total. The van der Waals surface area contributed by atoms with Crippen LogP contribution in [0.5, 0.6) is 0 Å². The van der Waals surface area contributed by atoms with Crippen molar-refractivity contribution < 1.29 is 4.79 Å². The van der Waals surface area contributed by atoms with E-state index in [1.807, 2.05) is 43.5 Å². The molecule has 1 unspecified atom stereocenters. The largest absolute Gasteiger partial charge is 0.377 e. The molecule has 0 spiro atoms. The van der Waals surface area contributed by atoms with Gasteiger partial charge in [0.1, 0.15) is 0 Å². The molecule has 2 N–H and O–H groups in total. The number of hydrogen-bond acceptors (Lipinski definition) is 3. The van der Waals surface area contributed by atoms with Crippen LogP contribution in [0.15, 0.2) is 42.6 Å². The summed E-state index contributed by atoms with van der Waals surface area (Å²) in [5, 5.41) is 6.31. The van der Waals surface area contributed by atoms with E-state index in [1.54, 1.807) is 0 Å². The Morgan fingerprint density at radius 3 is 3.10 bits per heavy atom. The van der Waals surface area contributed by atoms with E-state index >= 15 is 0 Å². The van der Waals surface area contributed by atoms with Crippen molar-refractivity contribution in [2.45, 2.75) is 25.8 Å². The molecule has 1 aromatic carbocycles. The molecule has 1 aliphatic carbocycles. The van der Waals surface area contributed by atoms with Gasteiger partial charge in [0, 0.05) is 24.0 Å². The van der Waals surface area contributed by atoms with Gasteiger partial charge in [-0.25, -0.2) is 0 Å². The molecule has 1 aliphatic rings. The average Bonchev–Trinajstić information content (AvgIpc) is 2.91. The minimum absolute atomic E-state index is 0.0360. The van der Waals surface area contributed by atoms with Crippen molar-refractivity contribution in [3.05, 3.63) is 59.4 Å². The van der Waals surface area contributed by atoms with Gasteiger partial charge >= 0.3 is 0 Å². The summed E-state index contributed by atoms with van der Waals surface area (Å²) in [6.07, 6.45) is 3.93. The quantitative estimate of drug-likeness (QED) is 0.906. The maximum absolute atomic E-state index is 11.9. The first-order valence-corrected chi connectivity index (χ1v) is 7.36. The second-order valence-electron chi connectivity index (χ2n) is 5.22. The summed E-state index contributed by atoms with van der Waals surface area (Å²) in [7, 11) is 0. The van der Waals surface area contributed by atoms with Gasteiger partial charge in [0.05, 0.1) is 11.7 Å². The molecular weight excluding hydrogens is 262 g/mol. The summed E-state index contributed by atoms with van der Waals surface area (Å²) < 4.78 is 0. The minimum atomic E-state index is -0.0360. The molecule has 1 aromatic heterocycles. The van der Waals surface area contributed by atoms with E-state index in [0.717, 1.165) is 24.2 Å². The predicted molar refractivity (Wildman–Crippen MR) is 83.4 cm³/mol. The van der Waals surface area contributed by atoms with Gasteiger partial charge in [0.2, 0.25) is 0 Å². The number of aromatic nitrogens is 1. The van der Waals surface area contributed by atoms with Gasteiger partial charge in [-0.3, -0.25) is 9.78 Å². The zero-order chi connectivity index (χ0) is 14.7. The summed E-state index contributed by atoms with van der Waals surface area (Å²) in [4.78, 5) is 16.4. The second kappa shape index (κ2) is 5.95. The number of carbonyl (C=O) groups excluding carboxylic acids is 1. The molecule has 1 heterocycles. The molecule has 0 fully saturated rings. The third kappa shape index (κ3) is 2.89. The Labute approximate surface area is 124 Å². The van der Waals surface area contributed by atoms with Gasteiger partial charge < -0.3 is 10.6 Å². The molecule has 108 valence electrons. The van der Waals surface area contributed by atoms with Gasteiger partial charge in [-0.2, -0.15) is 0 Å². The number of carbonyl (C=O) groups is 1. The fraction of sp³-hybridized carbons (Fsp3) is 0.294. The summed E-state index contributed by atoms with van der Waals surface area (Å²) in [6, 6.07) is 12.0. The van der Waals surface area contributed by atoms with Crippen LogP contribution in [0.4, 0.5) is 5.69 Å². The molecule has 0 aliphatic heterocycles. The molecule has 0 saturated heterocycles. The molecule has 21 heavy (non-hydrogen) atoms. The average molecular weight is 281 g/mol. The lowest BCUT2D eigenvalue weighted by atomic mass is 10.1. The Kier molecular flexibility index (Phi) is 3.86. The van der Waals surface area contributed by atoms with E-state index in [2.05, 4.69) is 21.7 Å². The van der Waals surface area contributed by atoms with Crippen LogP contribution < -0.4 is 10.6 Å². The number of amides is 1. The molecule has 2 aromatic rings. The zero-order valence-electron chi connectivity index (χ0n) is 12.1. The number of rotatable bonds is 4. The minimum Gasteiger partial charge on any atom is -0.377 e. The van der Waals surface area contributed by atoms with Crippen LogP contribution in [0.3, 0.4) is 0 Å². The smallest absolute Gasteiger partial charge is 0.251 e. The van der Waals surface area contributed by atoms with Crippen LogP contribution in [0.2, 0.25) is 0 Å². The highest BCUT2D eigenvalue weighted by molar-refractivity contribution is 5.95. The summed E-state index contributed by atoms with van der Waals surface area (Å²) >= 11 is 0. The van der Waals surface area contributed by atoms with E-state index < -0.39 is 0 Å². The molecule has 4 heteroatoms. The van der Waals surface area contributed by atoms with E-state index in [-0.39, 0.29) is 11.9 Å². The number of fused-ring (bicyclic) bond motifs is 1. The normalized spacial score (nSPS) is 16.3. The highest BCUT2D eigenvalue weighted by atomic mass is 16.1. The van der Waals surface area contributed by atoms with Crippen LogP contribution in [0.1, 0.15) is 41.0 Å². The summed E-state index contributed by atoms with van der Waals surface area (Å²) in [6.45, 7) is 2.55. The second-order valence-corrected chi connectivity index (χ2v) is 5.22. The Balaban J connectivity index is 1.77. The van der Waals surface area contributed by atoms with Crippen LogP contribution in [0, 0.1) is 0 Å². The first-order chi connectivity index (χ1) is 10.3. The predicted octanol–water partition coefficient (Wildman–Crippen LogP) is 2.93. The SMILES string of the molecule is CCNC(=O)c1cccc(NC2CCc3cccnc32)c1. The van der Waals surface area contributed by atoms with Gasteiger partial charge in [0.15, 0.2) is 0 Å². The number of nitrogens with zero attached hydrogens (tertiary/aromatic N) is 1. The molecule has 1 atom stereocenters. The maximum atomic E-state index is 11.9. The monoisotopic (exact) mass is 281 g/mol. The van der Waals surface area contributed by atoms with Crippen molar-refractivity contribution in [1.29, 1.82) is 0 Å². The fourth-order valence-electron chi connectivity index (χ4n) is 2.77. The lowest BCUT2D eigenvalue weighted by molar-refractivity contribution is 0.0956. The number of aryl methyl sites for hydroxylation is 1. The summed E-state index contributed by atoms with van der Waals surface area (Å²) in [5.74, 6) is -0.0360. The fourth-order valence-corrected chi connectivity index (χ4v) is 2.77. The van der Waals surface area contributed by atoms with Gasteiger partial charge in [-0.15, -0.1) is 0 Å². The highest BCUT2D eigenvalue weighted by Crippen LogP contribution is 2.32. The van der Waals surface area contributed by atoms with E-state index in [4.69, 9.17) is 0 Å². The molecular formula is C17H19N3O. The number of nitrogens with one attached hydrogen (secondary N) is 2. The van der Waals surface area contributed by atoms with Crippen molar-refractivity contribution in [1.82, 2.24) is 10.3 Å². The van der Waals surface area contributed by atoms with E-state index in [9.17, 15) is 4.79 Å². The van der Waals surface area contributed by atoms with Crippen LogP contribution in [-0.2, 0) is 6.42 Å². The number of hydrogen-bond donors (Lipinski definition) is 2. The number of pyridine rings is 1. The van der Waals surface area contributed by atoms with Gasteiger partial charge in [0.25, 0.3) is 5.91 Å². The Hall–Kier alpha value is -2.36. The highest BCUT2D eigenvalue weighted by Gasteiger charge is 2.23. The van der Waals surface area contributed by atoms with Crippen LogP contribution >= 0.6 is 0 Å². The van der Waals surface area contributed by atoms with Gasteiger partial charge in [-0.1, -0.05) is 12.1 Å². The zero-order valence-corrected chi connectivity index (χ0v) is 12.1. The lowest BCUT2D eigenvalue weighted by Crippen LogP contribution is -2.22. The molecule has 0 saturated carbocycles. The molecule has 1 amide bonds. The summed E-state index contributed by atoms with van der Waals surface area (Å²) in [5.41, 5.74) is 4.08. The van der Waals surface area contributed by atoms with Crippen LogP contribution in [-0.4, -0.2) is 17.4 Å². The van der Waals surface area contributed by atoms with Crippen molar-refractivity contribution in [2.24, 2.45) is 0 Å². The third-order valence-electron chi connectivity index (χ3n) is 3.76. The topological polar surface area (TPSA) is 54.0 Å². The van der Waals surface area contributed by atoms with Crippen molar-refractivity contribution in [2.75, 3.05) is 11.9 Å². The molecule has 3 rings (SSSR count). The van der Waals surface area contributed by atoms with Crippen molar-refractivity contribution >= 4 is 11.6 Å². The number of benzene rings is 1. The van der Waals surface area contributed by atoms with Gasteiger partial charge in [-0.05, 0) is 49.6 Å². The van der Waals surface area contributed by atoms with Crippen molar-refractivity contribution in [3.8, 4) is 0 Å². The van der Waals surface area contributed by atoms with E-state index in [0.29, 0.717) is 12.1 Å². The van der Waals surface area contributed by atoms with E-state index in [1.165, 1.54) is 5.56 Å². The van der Waals surface area contributed by atoms with Crippen molar-refractivity contribution in [3.63, 3.8) is 0 Å². The maximum Gasteiger partial charge on any atom is 0.251 e. The number of anilines is 1. The molecule has 0 radical (unpaired) electrons. The standard InChI is InChI=1S/C17H19N3O/c1-2-18-17(21)13-5-3-7-14(11-13)20-15-9-8-12-6-4-10-19-16(12)15/h3-7,10-11,15,20H,2,8-9H2,1H3,(H,18,21). The molecule has 0 bridgehead atoms. The Morgan fingerprint density at radius 1 is 1.33 bits per heavy atom. The Morgan fingerprint density at radius 2 is 2.24 bits per heavy atom. The lowest BCUT2D eigenvalue weighted by Gasteiger charge is -2.15. The Bertz CT molecular complexity index is 654. The first kappa shape index (κ1) is 13.6. The third-order valence-corrected chi connectivity index (χ3v) is 3.76.